The van der Waals surface area contributed by atoms with Crippen LogP contribution >= 0.6 is 0 Å². The zero-order valence-electron chi connectivity index (χ0n) is 22.2. The highest BCUT2D eigenvalue weighted by Crippen LogP contribution is 2.45. The zero-order chi connectivity index (χ0) is 24.0. The number of amides is 1. The molecule has 4 fully saturated rings. The average Bonchev–Trinajstić information content (AvgIpc) is 3.42. The van der Waals surface area contributed by atoms with Crippen molar-refractivity contribution in [3.05, 3.63) is 11.6 Å². The fraction of sp³-hybridized carbons (Fsp3) is 0.900. The molecule has 0 aromatic heterocycles. The smallest absolute Gasteiger partial charge is 0.228 e. The number of carbonyl (C=O) groups excluding carboxylic acids is 1. The second-order valence-electron chi connectivity index (χ2n) is 12.1. The van der Waals surface area contributed by atoms with Crippen molar-refractivity contribution in [2.24, 2.45) is 29.6 Å². The number of hydrogen-bond acceptors (Lipinski definition) is 4. The van der Waals surface area contributed by atoms with Crippen molar-refractivity contribution >= 4 is 5.91 Å². The van der Waals surface area contributed by atoms with Crippen LogP contribution in [-0.4, -0.2) is 62.4 Å². The summed E-state index contributed by atoms with van der Waals surface area (Å²) in [6.07, 6.45) is 19.5. The van der Waals surface area contributed by atoms with E-state index in [2.05, 4.69) is 23.2 Å². The Hall–Kier alpha value is -0.910. The second kappa shape index (κ2) is 12.6. The van der Waals surface area contributed by atoms with E-state index in [9.17, 15) is 4.79 Å². The second-order valence-corrected chi connectivity index (χ2v) is 12.1. The molecule has 2 heterocycles. The average molecular weight is 487 g/mol. The van der Waals surface area contributed by atoms with Gasteiger partial charge in [-0.05, 0) is 75.5 Å². The maximum absolute atomic E-state index is 14.1. The first-order chi connectivity index (χ1) is 17.3. The minimum absolute atomic E-state index is 0.0989. The van der Waals surface area contributed by atoms with E-state index in [-0.39, 0.29) is 5.92 Å². The fourth-order valence-corrected chi connectivity index (χ4v) is 8.15. The van der Waals surface area contributed by atoms with Gasteiger partial charge in [0.05, 0.1) is 31.3 Å². The van der Waals surface area contributed by atoms with E-state index in [4.69, 9.17) is 9.47 Å². The molecule has 6 atom stereocenters. The standard InChI is InChI=1S/C30H50N2O3/c1-2-16-35-24-12-8-11-23(18-24)25-13-6-7-14-26(25)27-19-31-20-28(27)30(33)32-15-17-34-21-29(32)22-9-4-3-5-10-22/h14,22-25,27-29,31H,2-13,15-21H2,1H3/t23?,24?,25?,27-,28+,29+/m0/s1. The minimum Gasteiger partial charge on any atom is -0.378 e. The van der Waals surface area contributed by atoms with Crippen LogP contribution in [0.2, 0.25) is 0 Å². The van der Waals surface area contributed by atoms with E-state index >= 15 is 0 Å². The lowest BCUT2D eigenvalue weighted by Gasteiger charge is -2.44. The molecule has 5 rings (SSSR count). The molecule has 0 aromatic carbocycles. The van der Waals surface area contributed by atoms with Gasteiger partial charge in [-0.2, -0.15) is 0 Å². The quantitative estimate of drug-likeness (QED) is 0.494. The maximum Gasteiger partial charge on any atom is 0.228 e. The molecule has 5 nitrogen and oxygen atoms in total. The van der Waals surface area contributed by atoms with Crippen molar-refractivity contribution < 1.29 is 14.3 Å². The van der Waals surface area contributed by atoms with E-state index in [0.717, 1.165) is 45.2 Å². The third-order valence-electron chi connectivity index (χ3n) is 9.92. The van der Waals surface area contributed by atoms with Crippen LogP contribution in [0.15, 0.2) is 11.6 Å². The topological polar surface area (TPSA) is 50.8 Å². The highest BCUT2D eigenvalue weighted by Gasteiger charge is 2.44. The molecule has 0 spiro atoms. The van der Waals surface area contributed by atoms with Crippen LogP contribution in [0.5, 0.6) is 0 Å². The van der Waals surface area contributed by atoms with Gasteiger partial charge in [0.1, 0.15) is 0 Å². The number of hydrogen-bond donors (Lipinski definition) is 1. The van der Waals surface area contributed by atoms with Gasteiger partial charge in [0, 0.05) is 32.2 Å². The SMILES string of the molecule is CCCOC1CCCC(C2CCCC=C2[C@@H]2CNC[C@H]2C(=O)N2CCOC[C@@H]2C2CCCCC2)C1. The summed E-state index contributed by atoms with van der Waals surface area (Å²) in [6.45, 7) is 7.15. The molecule has 0 radical (unpaired) electrons. The van der Waals surface area contributed by atoms with Gasteiger partial charge in [0.25, 0.3) is 0 Å². The van der Waals surface area contributed by atoms with Crippen molar-refractivity contribution in [3.63, 3.8) is 0 Å². The molecule has 5 heteroatoms. The van der Waals surface area contributed by atoms with E-state index in [1.165, 1.54) is 77.0 Å². The molecule has 1 amide bonds. The number of ether oxygens (including phenoxy) is 2. The summed E-state index contributed by atoms with van der Waals surface area (Å²) < 4.78 is 12.1. The van der Waals surface area contributed by atoms with Crippen LogP contribution in [0.4, 0.5) is 0 Å². The molecule has 5 aliphatic rings. The first-order valence-electron chi connectivity index (χ1n) is 15.2. The Morgan fingerprint density at radius 1 is 1.03 bits per heavy atom. The van der Waals surface area contributed by atoms with Gasteiger partial charge in [0.2, 0.25) is 5.91 Å². The summed E-state index contributed by atoms with van der Waals surface area (Å²) in [5.74, 6) is 2.89. The third-order valence-corrected chi connectivity index (χ3v) is 9.92. The zero-order valence-corrected chi connectivity index (χ0v) is 22.2. The number of rotatable bonds is 7. The van der Waals surface area contributed by atoms with Gasteiger partial charge in [-0.3, -0.25) is 4.79 Å². The van der Waals surface area contributed by atoms with Crippen LogP contribution < -0.4 is 5.32 Å². The Labute approximate surface area is 213 Å². The van der Waals surface area contributed by atoms with Crippen LogP contribution in [0.1, 0.15) is 90.4 Å². The molecule has 2 saturated carbocycles. The van der Waals surface area contributed by atoms with Crippen LogP contribution in [0.3, 0.4) is 0 Å². The van der Waals surface area contributed by atoms with Crippen LogP contribution in [0, 0.1) is 29.6 Å². The number of nitrogens with one attached hydrogen (secondary N) is 1. The number of nitrogens with zero attached hydrogens (tertiary/aromatic N) is 1. The summed E-state index contributed by atoms with van der Waals surface area (Å²) in [4.78, 5) is 16.4. The Morgan fingerprint density at radius 2 is 1.89 bits per heavy atom. The van der Waals surface area contributed by atoms with Gasteiger partial charge in [0.15, 0.2) is 0 Å². The highest BCUT2D eigenvalue weighted by atomic mass is 16.5. The summed E-state index contributed by atoms with van der Waals surface area (Å²) in [5.41, 5.74) is 1.63. The molecule has 35 heavy (non-hydrogen) atoms. The molecule has 198 valence electrons. The number of carbonyl (C=O) groups is 1. The lowest BCUT2D eigenvalue weighted by molar-refractivity contribution is -0.147. The van der Waals surface area contributed by atoms with E-state index < -0.39 is 0 Å². The van der Waals surface area contributed by atoms with Crippen molar-refractivity contribution in [2.45, 2.75) is 103 Å². The Kier molecular flexibility index (Phi) is 9.23. The molecular formula is C30H50N2O3. The normalized spacial score (nSPS) is 37.3. The molecule has 1 N–H and O–H groups in total. The largest absolute Gasteiger partial charge is 0.378 e. The molecule has 0 bridgehead atoms. The Morgan fingerprint density at radius 3 is 2.74 bits per heavy atom. The minimum atomic E-state index is 0.0989. The molecular weight excluding hydrogens is 436 g/mol. The fourth-order valence-electron chi connectivity index (χ4n) is 8.15. The van der Waals surface area contributed by atoms with Crippen LogP contribution in [0.25, 0.3) is 0 Å². The highest BCUT2D eigenvalue weighted by molar-refractivity contribution is 5.81. The predicted molar refractivity (Wildman–Crippen MR) is 140 cm³/mol. The predicted octanol–water partition coefficient (Wildman–Crippen LogP) is 5.34. The molecule has 3 aliphatic carbocycles. The maximum atomic E-state index is 14.1. The van der Waals surface area contributed by atoms with Crippen molar-refractivity contribution in [3.8, 4) is 0 Å². The van der Waals surface area contributed by atoms with Gasteiger partial charge in [-0.15, -0.1) is 0 Å². The summed E-state index contributed by atoms with van der Waals surface area (Å²) in [5, 5.41) is 3.65. The summed E-state index contributed by atoms with van der Waals surface area (Å²) >= 11 is 0. The number of morpholine rings is 1. The van der Waals surface area contributed by atoms with E-state index in [1.54, 1.807) is 5.57 Å². The van der Waals surface area contributed by atoms with Gasteiger partial charge >= 0.3 is 0 Å². The molecule has 0 aromatic rings. The molecule has 3 unspecified atom stereocenters. The van der Waals surface area contributed by atoms with E-state index in [0.29, 0.717) is 42.4 Å². The monoisotopic (exact) mass is 486 g/mol. The van der Waals surface area contributed by atoms with Gasteiger partial charge < -0.3 is 19.7 Å². The summed E-state index contributed by atoms with van der Waals surface area (Å²) in [6, 6.07) is 0.295. The lowest BCUT2D eigenvalue weighted by Crippen LogP contribution is -2.55. The third kappa shape index (κ3) is 5.99. The van der Waals surface area contributed by atoms with E-state index in [1.807, 2.05) is 0 Å². The summed E-state index contributed by atoms with van der Waals surface area (Å²) in [7, 11) is 0. The van der Waals surface area contributed by atoms with Crippen molar-refractivity contribution in [1.29, 1.82) is 0 Å². The Balaban J connectivity index is 1.29. The van der Waals surface area contributed by atoms with Crippen LogP contribution in [-0.2, 0) is 14.3 Å². The number of allylic oxidation sites excluding steroid dienone is 1. The lowest BCUT2D eigenvalue weighted by atomic mass is 9.67. The van der Waals surface area contributed by atoms with Gasteiger partial charge in [-0.25, -0.2) is 0 Å². The Bertz CT molecular complexity index is 718. The first-order valence-corrected chi connectivity index (χ1v) is 15.2. The van der Waals surface area contributed by atoms with Gasteiger partial charge in [-0.1, -0.05) is 44.3 Å². The first kappa shape index (κ1) is 25.7. The molecule has 2 saturated heterocycles. The van der Waals surface area contributed by atoms with Crippen molar-refractivity contribution in [2.75, 3.05) is 39.5 Å². The molecule has 2 aliphatic heterocycles. The van der Waals surface area contributed by atoms with Crippen molar-refractivity contribution in [1.82, 2.24) is 10.2 Å².